The summed E-state index contributed by atoms with van der Waals surface area (Å²) < 4.78 is 1.88. The number of likely N-dealkylation sites (tertiary alicyclic amines) is 3. The van der Waals surface area contributed by atoms with E-state index >= 15 is 0 Å². The monoisotopic (exact) mass is 876 g/mol. The molecule has 0 aliphatic carbocycles. The molecule has 3 N–H and O–H groups in total. The Morgan fingerprint density at radius 1 is 0.889 bits per heavy atom. The van der Waals surface area contributed by atoms with Crippen LogP contribution in [-0.2, 0) is 24.0 Å². The first-order chi connectivity index (χ1) is 30.5. The molecule has 0 radical (unpaired) electrons. The number of pyridine rings is 1. The van der Waals surface area contributed by atoms with Crippen LogP contribution in [0, 0.1) is 5.41 Å². The lowest BCUT2D eigenvalue weighted by molar-refractivity contribution is -0.138. The zero-order valence-electron chi connectivity index (χ0n) is 35.5. The van der Waals surface area contributed by atoms with Gasteiger partial charge in [-0.25, -0.2) is 9.97 Å². The van der Waals surface area contributed by atoms with E-state index in [1.54, 1.807) is 31.7 Å². The normalized spacial score (nSPS) is 22.1. The van der Waals surface area contributed by atoms with E-state index in [0.29, 0.717) is 92.4 Å². The van der Waals surface area contributed by atoms with E-state index < -0.39 is 11.5 Å². The highest BCUT2D eigenvalue weighted by Gasteiger charge is 2.49. The molecule has 4 aromatic rings. The number of nitrogens with one attached hydrogen (secondary N) is 3. The number of carbonyl (C=O) groups excluding carboxylic acids is 5. The molecule has 0 saturated carbocycles. The number of amides is 5. The summed E-state index contributed by atoms with van der Waals surface area (Å²) in [5, 5.41) is 13.8. The Kier molecular flexibility index (Phi) is 12.1. The molecule has 1 spiro atoms. The summed E-state index contributed by atoms with van der Waals surface area (Å²) in [4.78, 5) is 84.6. The minimum atomic E-state index is -0.508. The van der Waals surface area contributed by atoms with E-state index in [2.05, 4.69) is 48.0 Å². The van der Waals surface area contributed by atoms with E-state index in [0.717, 1.165) is 63.0 Å². The minimum absolute atomic E-state index is 0.0636. The molecule has 5 aliphatic heterocycles. The molecule has 2 unspecified atom stereocenters. The number of nitrogens with zero attached hydrogens (tertiary/aromatic N) is 9. The quantitative estimate of drug-likeness (QED) is 0.186. The van der Waals surface area contributed by atoms with E-state index in [9.17, 15) is 24.0 Å². The van der Waals surface area contributed by atoms with E-state index in [-0.39, 0.29) is 35.6 Å². The molecule has 1 aromatic carbocycles. The Balaban J connectivity index is 0.748. The van der Waals surface area contributed by atoms with Crippen LogP contribution in [-0.4, -0.2) is 127 Å². The average molecular weight is 877 g/mol. The first-order valence-corrected chi connectivity index (χ1v) is 22.4. The fourth-order valence-corrected chi connectivity index (χ4v) is 10.0. The number of hydrogen-bond acceptors (Lipinski definition) is 12. The highest BCUT2D eigenvalue weighted by atomic mass is 35.5. The Hall–Kier alpha value is -5.94. The summed E-state index contributed by atoms with van der Waals surface area (Å²) in [6.07, 6.45) is 15.1. The second-order valence-electron chi connectivity index (χ2n) is 17.6. The first-order valence-electron chi connectivity index (χ1n) is 22.1. The average Bonchev–Trinajstić information content (AvgIpc) is 3.91. The predicted molar refractivity (Wildman–Crippen MR) is 236 cm³/mol. The van der Waals surface area contributed by atoms with Crippen LogP contribution in [0.15, 0.2) is 61.3 Å². The van der Waals surface area contributed by atoms with Crippen LogP contribution in [0.2, 0.25) is 5.02 Å². The van der Waals surface area contributed by atoms with Gasteiger partial charge in [0, 0.05) is 63.5 Å². The third kappa shape index (κ3) is 9.25. The molecule has 9 rings (SSSR count). The largest absolute Gasteiger partial charge is 0.374 e. The maximum absolute atomic E-state index is 14.1. The van der Waals surface area contributed by atoms with Crippen molar-refractivity contribution in [2.75, 3.05) is 67.9 Å². The number of benzene rings is 1. The van der Waals surface area contributed by atoms with Gasteiger partial charge in [0.15, 0.2) is 0 Å². The van der Waals surface area contributed by atoms with E-state index in [4.69, 9.17) is 16.6 Å². The summed E-state index contributed by atoms with van der Waals surface area (Å²) in [6, 6.07) is 9.74. The minimum Gasteiger partial charge on any atom is -0.374 e. The van der Waals surface area contributed by atoms with Crippen LogP contribution in [0.1, 0.15) is 82.2 Å². The number of rotatable bonds is 10. The van der Waals surface area contributed by atoms with Crippen molar-refractivity contribution in [3.05, 3.63) is 71.9 Å². The van der Waals surface area contributed by atoms with Gasteiger partial charge in [0.2, 0.25) is 35.5 Å². The maximum atomic E-state index is 14.1. The molecule has 0 bridgehead atoms. The lowest BCUT2D eigenvalue weighted by atomic mass is 9.77. The standard InChI is InChI=1S/C45H53ClN12O5/c1-29(59)56-15-2-3-35(27-56)58-26-32(22-49-58)41-37(46)25-48-44(53-41)51-34-21-36(24-47-23-34)57-20-14-45(43(57)63)12-18-55(19-13-45)40(61)28-54-16-10-31(11-17-54)30-4-6-33(7-5-30)50-38-8-9-39(60)52-42(38)62/h4-7,21-26,31,35,38,50H,2-3,8-20,27-28H2,1H3,(H,48,51,53)(H,52,60,62). The maximum Gasteiger partial charge on any atom is 0.249 e. The Morgan fingerprint density at radius 2 is 1.67 bits per heavy atom. The molecule has 17 nitrogen and oxygen atoms in total. The van der Waals surface area contributed by atoms with Crippen LogP contribution in [0.5, 0.6) is 0 Å². The number of imide groups is 1. The predicted octanol–water partition coefficient (Wildman–Crippen LogP) is 4.76. The van der Waals surface area contributed by atoms with Crippen LogP contribution in [0.25, 0.3) is 11.3 Å². The molecular formula is C45H53ClN12O5. The van der Waals surface area contributed by atoms with Gasteiger partial charge in [-0.3, -0.25) is 43.9 Å². The third-order valence-corrected chi connectivity index (χ3v) is 13.9. The van der Waals surface area contributed by atoms with Crippen molar-refractivity contribution in [1.82, 2.24) is 44.7 Å². The molecule has 2 atom stereocenters. The van der Waals surface area contributed by atoms with Crippen LogP contribution in [0.4, 0.5) is 23.0 Å². The van der Waals surface area contributed by atoms with Crippen molar-refractivity contribution in [2.24, 2.45) is 5.41 Å². The number of anilines is 4. The van der Waals surface area contributed by atoms with Crippen molar-refractivity contribution in [2.45, 2.75) is 82.7 Å². The molecule has 5 amide bonds. The SMILES string of the molecule is CC(=O)N1CCCC(n2cc(-c3nc(Nc4cncc(N5CCC6(CCN(C(=O)CN7CCC(c8ccc(NC9CCC(=O)NC9=O)cc8)CC7)CC6)C5=O)c4)ncc3Cl)cn2)C1. The fraction of sp³-hybridized carbons (Fsp3) is 0.489. The zero-order valence-corrected chi connectivity index (χ0v) is 36.2. The van der Waals surface area contributed by atoms with Gasteiger partial charge in [0.05, 0.1) is 64.9 Å². The van der Waals surface area contributed by atoms with E-state index in [1.165, 1.54) is 5.56 Å². The van der Waals surface area contributed by atoms with Gasteiger partial charge in [0.1, 0.15) is 6.04 Å². The van der Waals surface area contributed by atoms with E-state index in [1.807, 2.05) is 43.8 Å². The molecule has 63 heavy (non-hydrogen) atoms. The highest BCUT2D eigenvalue weighted by Crippen LogP contribution is 2.43. The zero-order chi connectivity index (χ0) is 43.7. The van der Waals surface area contributed by atoms with Gasteiger partial charge in [-0.2, -0.15) is 5.10 Å². The van der Waals surface area contributed by atoms with Crippen molar-refractivity contribution in [1.29, 1.82) is 0 Å². The second-order valence-corrected chi connectivity index (χ2v) is 18.0. The lowest BCUT2D eigenvalue weighted by Gasteiger charge is -2.39. The fourth-order valence-electron chi connectivity index (χ4n) is 9.83. The Labute approximate surface area is 370 Å². The van der Waals surface area contributed by atoms with Gasteiger partial charge in [-0.05, 0) is 94.1 Å². The van der Waals surface area contributed by atoms with Crippen LogP contribution < -0.4 is 20.9 Å². The molecule has 5 fully saturated rings. The number of carbonyl (C=O) groups is 5. The molecule has 5 aliphatic rings. The van der Waals surface area contributed by atoms with Gasteiger partial charge in [-0.1, -0.05) is 23.7 Å². The van der Waals surface area contributed by atoms with Crippen LogP contribution in [0.3, 0.4) is 0 Å². The molecule has 3 aromatic heterocycles. The topological polar surface area (TPSA) is 191 Å². The highest BCUT2D eigenvalue weighted by molar-refractivity contribution is 6.32. The second kappa shape index (κ2) is 18.0. The Bertz CT molecular complexity index is 2380. The van der Waals surface area contributed by atoms with Gasteiger partial charge < -0.3 is 25.3 Å². The Morgan fingerprint density at radius 3 is 2.43 bits per heavy atom. The summed E-state index contributed by atoms with van der Waals surface area (Å²) in [6.45, 7) is 6.70. The van der Waals surface area contributed by atoms with Gasteiger partial charge >= 0.3 is 0 Å². The molecule has 8 heterocycles. The summed E-state index contributed by atoms with van der Waals surface area (Å²) in [5.74, 6) is 0.456. The number of piperidine rings is 4. The number of hydrogen-bond donors (Lipinski definition) is 3. The molecule has 18 heteroatoms. The van der Waals surface area contributed by atoms with Crippen molar-refractivity contribution >= 4 is 64.1 Å². The van der Waals surface area contributed by atoms with Crippen molar-refractivity contribution < 1.29 is 24.0 Å². The number of aromatic nitrogens is 5. The van der Waals surface area contributed by atoms with Gasteiger partial charge in [-0.15, -0.1) is 0 Å². The lowest BCUT2D eigenvalue weighted by Crippen LogP contribution is -2.49. The molecular weight excluding hydrogens is 824 g/mol. The van der Waals surface area contributed by atoms with Crippen molar-refractivity contribution in [3.63, 3.8) is 0 Å². The summed E-state index contributed by atoms with van der Waals surface area (Å²) >= 11 is 6.58. The molecule has 330 valence electrons. The summed E-state index contributed by atoms with van der Waals surface area (Å²) in [7, 11) is 0. The first kappa shape index (κ1) is 42.4. The smallest absolute Gasteiger partial charge is 0.249 e. The molecule has 5 saturated heterocycles. The third-order valence-electron chi connectivity index (χ3n) is 13.6. The van der Waals surface area contributed by atoms with Gasteiger partial charge in [0.25, 0.3) is 0 Å². The summed E-state index contributed by atoms with van der Waals surface area (Å²) in [5.41, 5.74) is 4.16. The van der Waals surface area contributed by atoms with Crippen molar-refractivity contribution in [3.8, 4) is 11.3 Å². The van der Waals surface area contributed by atoms with Crippen LogP contribution >= 0.6 is 11.6 Å². The number of halogens is 1.